The lowest BCUT2D eigenvalue weighted by atomic mass is 10.0. The molecule has 1 atom stereocenters. The third kappa shape index (κ3) is 3.15. The first-order valence-corrected chi connectivity index (χ1v) is 6.34. The lowest BCUT2D eigenvalue weighted by molar-refractivity contribution is 0.0382. The second-order valence-corrected chi connectivity index (χ2v) is 4.91. The molecule has 1 aliphatic rings. The van der Waals surface area contributed by atoms with Crippen LogP contribution in [0.15, 0.2) is 23.6 Å². The first-order chi connectivity index (χ1) is 9.06. The number of allylic oxidation sites excluding steroid dienone is 1. The summed E-state index contributed by atoms with van der Waals surface area (Å²) in [6.45, 7) is 4.92. The first-order valence-electron chi connectivity index (χ1n) is 5.96. The zero-order valence-electron chi connectivity index (χ0n) is 10.4. The van der Waals surface area contributed by atoms with Crippen LogP contribution in [-0.4, -0.2) is 40.2 Å². The second kappa shape index (κ2) is 5.73. The van der Waals surface area contributed by atoms with E-state index in [4.69, 9.17) is 16.3 Å². The van der Waals surface area contributed by atoms with Crippen molar-refractivity contribution >= 4 is 17.3 Å². The molecule has 7 heteroatoms. The molecule has 1 aliphatic heterocycles. The van der Waals surface area contributed by atoms with Crippen LogP contribution in [0, 0.1) is 0 Å². The monoisotopic (exact) mass is 285 g/mol. The summed E-state index contributed by atoms with van der Waals surface area (Å²) in [5, 5.41) is 17.1. The highest BCUT2D eigenvalue weighted by Crippen LogP contribution is 2.21. The van der Waals surface area contributed by atoms with Crippen molar-refractivity contribution in [3.05, 3.63) is 34.2 Å². The quantitative estimate of drug-likeness (QED) is 0.777. The van der Waals surface area contributed by atoms with Crippen LogP contribution in [0.5, 0.6) is 0 Å². The van der Waals surface area contributed by atoms with Crippen LogP contribution in [0.4, 0.5) is 5.69 Å². The minimum Gasteiger partial charge on any atom is -0.386 e. The van der Waals surface area contributed by atoms with Crippen molar-refractivity contribution in [2.45, 2.75) is 18.6 Å². The van der Waals surface area contributed by atoms with Crippen LogP contribution in [-0.2, 0) is 11.3 Å². The SMILES string of the molecule is C=CCn1ncc(NCC2(O)CCOC2)c(Cl)c1=O. The van der Waals surface area contributed by atoms with Crippen LogP contribution in [0.25, 0.3) is 0 Å². The summed E-state index contributed by atoms with van der Waals surface area (Å²) in [5.74, 6) is 0. The minimum atomic E-state index is -0.917. The van der Waals surface area contributed by atoms with Gasteiger partial charge in [0.2, 0.25) is 0 Å². The van der Waals surface area contributed by atoms with E-state index in [1.165, 1.54) is 10.9 Å². The van der Waals surface area contributed by atoms with Gasteiger partial charge in [0, 0.05) is 19.6 Å². The van der Waals surface area contributed by atoms with Gasteiger partial charge in [-0.05, 0) is 0 Å². The lowest BCUT2D eigenvalue weighted by Gasteiger charge is -2.21. The molecule has 1 saturated heterocycles. The normalized spacial score (nSPS) is 22.4. The largest absolute Gasteiger partial charge is 0.386 e. The number of nitrogens with one attached hydrogen (secondary N) is 1. The van der Waals surface area contributed by atoms with Gasteiger partial charge in [0.25, 0.3) is 5.56 Å². The van der Waals surface area contributed by atoms with Crippen molar-refractivity contribution in [2.24, 2.45) is 0 Å². The molecular weight excluding hydrogens is 270 g/mol. The number of rotatable bonds is 5. The van der Waals surface area contributed by atoms with Crippen LogP contribution < -0.4 is 10.9 Å². The number of hydrogen-bond donors (Lipinski definition) is 2. The predicted molar refractivity (Wildman–Crippen MR) is 72.6 cm³/mol. The summed E-state index contributed by atoms with van der Waals surface area (Å²) < 4.78 is 6.35. The summed E-state index contributed by atoms with van der Waals surface area (Å²) in [6, 6.07) is 0. The number of hydrogen-bond acceptors (Lipinski definition) is 5. The van der Waals surface area contributed by atoms with Crippen LogP contribution in [0.3, 0.4) is 0 Å². The van der Waals surface area contributed by atoms with Gasteiger partial charge in [-0.15, -0.1) is 6.58 Å². The molecule has 1 fully saturated rings. The number of nitrogens with zero attached hydrogens (tertiary/aromatic N) is 2. The third-order valence-corrected chi connectivity index (χ3v) is 3.34. The molecule has 104 valence electrons. The summed E-state index contributed by atoms with van der Waals surface area (Å²) in [6.07, 6.45) is 3.58. The Morgan fingerprint density at radius 3 is 3.16 bits per heavy atom. The van der Waals surface area contributed by atoms with Gasteiger partial charge in [0.1, 0.15) is 10.6 Å². The highest BCUT2D eigenvalue weighted by Gasteiger charge is 2.32. The van der Waals surface area contributed by atoms with Gasteiger partial charge in [-0.1, -0.05) is 17.7 Å². The van der Waals surface area contributed by atoms with Gasteiger partial charge in [-0.2, -0.15) is 5.10 Å². The zero-order valence-corrected chi connectivity index (χ0v) is 11.2. The van der Waals surface area contributed by atoms with Crippen molar-refractivity contribution in [3.8, 4) is 0 Å². The van der Waals surface area contributed by atoms with E-state index in [-0.39, 0.29) is 23.7 Å². The molecule has 0 spiro atoms. The standard InChI is InChI=1S/C12H16ClN3O3/c1-2-4-16-11(17)10(13)9(6-15-16)14-7-12(18)3-5-19-8-12/h2,6,14,18H,1,3-5,7-8H2. The van der Waals surface area contributed by atoms with Crippen molar-refractivity contribution in [1.29, 1.82) is 0 Å². The van der Waals surface area contributed by atoms with E-state index in [2.05, 4.69) is 17.0 Å². The minimum absolute atomic E-state index is 0.0550. The summed E-state index contributed by atoms with van der Waals surface area (Å²) in [4.78, 5) is 11.8. The van der Waals surface area contributed by atoms with E-state index in [1.807, 2.05) is 0 Å². The van der Waals surface area contributed by atoms with Crippen molar-refractivity contribution < 1.29 is 9.84 Å². The number of halogens is 1. The average Bonchev–Trinajstić information content (AvgIpc) is 2.82. The van der Waals surface area contributed by atoms with Crippen molar-refractivity contribution in [1.82, 2.24) is 9.78 Å². The molecule has 19 heavy (non-hydrogen) atoms. The molecule has 1 aromatic rings. The maximum atomic E-state index is 11.8. The fourth-order valence-electron chi connectivity index (χ4n) is 1.84. The molecule has 1 unspecified atom stereocenters. The number of aliphatic hydroxyl groups is 1. The number of ether oxygens (including phenoxy) is 1. The summed E-state index contributed by atoms with van der Waals surface area (Å²) in [5.41, 5.74) is -0.896. The Labute approximate surface area is 115 Å². The Balaban J connectivity index is 2.11. The highest BCUT2D eigenvalue weighted by molar-refractivity contribution is 6.32. The van der Waals surface area contributed by atoms with Crippen molar-refractivity contribution in [2.75, 3.05) is 25.1 Å². The maximum Gasteiger partial charge on any atom is 0.287 e. The highest BCUT2D eigenvalue weighted by atomic mass is 35.5. The fraction of sp³-hybridized carbons (Fsp3) is 0.500. The van der Waals surface area contributed by atoms with E-state index >= 15 is 0 Å². The van der Waals surface area contributed by atoms with Gasteiger partial charge < -0.3 is 15.2 Å². The van der Waals surface area contributed by atoms with Crippen LogP contribution >= 0.6 is 11.6 Å². The summed E-state index contributed by atoms with van der Waals surface area (Å²) >= 11 is 5.98. The topological polar surface area (TPSA) is 76.4 Å². The average molecular weight is 286 g/mol. The van der Waals surface area contributed by atoms with Gasteiger partial charge in [-0.3, -0.25) is 4.79 Å². The summed E-state index contributed by atoms with van der Waals surface area (Å²) in [7, 11) is 0. The molecule has 0 aliphatic carbocycles. The number of aromatic nitrogens is 2. The maximum absolute atomic E-state index is 11.8. The molecular formula is C12H16ClN3O3. The molecule has 0 bridgehead atoms. The molecule has 1 aromatic heterocycles. The molecule has 0 radical (unpaired) electrons. The van der Waals surface area contributed by atoms with Crippen LogP contribution in [0.2, 0.25) is 5.02 Å². The van der Waals surface area contributed by atoms with Crippen LogP contribution in [0.1, 0.15) is 6.42 Å². The molecule has 2 N–H and O–H groups in total. The smallest absolute Gasteiger partial charge is 0.287 e. The molecule has 6 nitrogen and oxygen atoms in total. The molecule has 0 aromatic carbocycles. The first kappa shape index (κ1) is 14.0. The lowest BCUT2D eigenvalue weighted by Crippen LogP contribution is -2.37. The fourth-order valence-corrected chi connectivity index (χ4v) is 2.05. The van der Waals surface area contributed by atoms with Gasteiger partial charge >= 0.3 is 0 Å². The Kier molecular flexibility index (Phi) is 4.24. The molecule has 0 amide bonds. The Bertz CT molecular complexity index is 523. The Morgan fingerprint density at radius 1 is 1.74 bits per heavy atom. The van der Waals surface area contributed by atoms with E-state index in [1.54, 1.807) is 6.08 Å². The number of anilines is 1. The third-order valence-electron chi connectivity index (χ3n) is 2.98. The zero-order chi connectivity index (χ0) is 13.9. The van der Waals surface area contributed by atoms with Gasteiger partial charge in [-0.25, -0.2) is 4.68 Å². The van der Waals surface area contributed by atoms with E-state index in [0.29, 0.717) is 25.3 Å². The van der Waals surface area contributed by atoms with Crippen molar-refractivity contribution in [3.63, 3.8) is 0 Å². The van der Waals surface area contributed by atoms with Gasteiger partial charge in [0.05, 0.1) is 25.0 Å². The predicted octanol–water partition coefficient (Wildman–Crippen LogP) is 0.646. The second-order valence-electron chi connectivity index (χ2n) is 4.53. The van der Waals surface area contributed by atoms with E-state index in [9.17, 15) is 9.90 Å². The molecule has 2 heterocycles. The van der Waals surface area contributed by atoms with E-state index in [0.717, 1.165) is 0 Å². The Morgan fingerprint density at radius 2 is 2.53 bits per heavy atom. The molecule has 2 rings (SSSR count). The Hall–Kier alpha value is -1.37. The van der Waals surface area contributed by atoms with Gasteiger partial charge in [0.15, 0.2) is 0 Å². The van der Waals surface area contributed by atoms with E-state index < -0.39 is 5.60 Å². The molecule has 0 saturated carbocycles.